The first kappa shape index (κ1) is 9.34. The van der Waals surface area contributed by atoms with Crippen molar-refractivity contribution >= 4 is 0 Å². The van der Waals surface area contributed by atoms with Crippen molar-refractivity contribution in [2.45, 2.75) is 32.1 Å². The fourth-order valence-corrected chi connectivity index (χ4v) is 2.21. The second-order valence-electron chi connectivity index (χ2n) is 4.72. The minimum Gasteiger partial charge on any atom is -0.119 e. The van der Waals surface area contributed by atoms with Gasteiger partial charge in [0, 0.05) is 10.8 Å². The molecule has 1 aliphatic carbocycles. The molecule has 0 unspecified atom stereocenters. The quantitative estimate of drug-likeness (QED) is 0.618. The molecule has 0 heteroatoms. The zero-order chi connectivity index (χ0) is 10.2. The van der Waals surface area contributed by atoms with Crippen LogP contribution in [-0.4, -0.2) is 0 Å². The van der Waals surface area contributed by atoms with E-state index < -0.39 is 0 Å². The summed E-state index contributed by atoms with van der Waals surface area (Å²) in [7, 11) is 0. The Morgan fingerprint density at radius 1 is 1.21 bits per heavy atom. The van der Waals surface area contributed by atoms with Gasteiger partial charge < -0.3 is 0 Å². The lowest BCUT2D eigenvalue weighted by Crippen LogP contribution is -2.29. The van der Waals surface area contributed by atoms with Gasteiger partial charge in [0.2, 0.25) is 0 Å². The van der Waals surface area contributed by atoms with E-state index in [1.165, 1.54) is 18.4 Å². The molecule has 0 aliphatic heterocycles. The summed E-state index contributed by atoms with van der Waals surface area (Å²) >= 11 is 0. The molecule has 0 amide bonds. The standard InChI is InChI=1S/C14H16/c1-4-14(10-11-14)13(2,3)12-8-6-5-7-9-12/h1,5-9H,10-11H2,2-3H3. The van der Waals surface area contributed by atoms with Crippen LogP contribution in [0.25, 0.3) is 0 Å². The van der Waals surface area contributed by atoms with Gasteiger partial charge in [-0.3, -0.25) is 0 Å². The molecular formula is C14H16. The average molecular weight is 184 g/mol. The van der Waals surface area contributed by atoms with Crippen LogP contribution >= 0.6 is 0 Å². The van der Waals surface area contributed by atoms with Gasteiger partial charge >= 0.3 is 0 Å². The molecule has 0 heterocycles. The van der Waals surface area contributed by atoms with Crippen LogP contribution in [0.5, 0.6) is 0 Å². The maximum Gasteiger partial charge on any atom is 0.0404 e. The lowest BCUT2D eigenvalue weighted by molar-refractivity contribution is 0.374. The minimum atomic E-state index is 0.114. The Kier molecular flexibility index (Phi) is 1.93. The zero-order valence-corrected chi connectivity index (χ0v) is 8.88. The molecule has 72 valence electrons. The SMILES string of the molecule is C#CC1(C(C)(C)c2ccccc2)CC1. The summed E-state index contributed by atoms with van der Waals surface area (Å²) in [6, 6.07) is 10.6. The van der Waals surface area contributed by atoms with Gasteiger partial charge in [-0.1, -0.05) is 50.1 Å². The summed E-state index contributed by atoms with van der Waals surface area (Å²) in [4.78, 5) is 0. The number of hydrogen-bond acceptors (Lipinski definition) is 0. The van der Waals surface area contributed by atoms with E-state index in [1.54, 1.807) is 0 Å². The summed E-state index contributed by atoms with van der Waals surface area (Å²) in [6.07, 6.45) is 7.99. The number of terminal acetylenes is 1. The van der Waals surface area contributed by atoms with Crippen molar-refractivity contribution in [3.05, 3.63) is 35.9 Å². The number of hydrogen-bond donors (Lipinski definition) is 0. The van der Waals surface area contributed by atoms with Crippen LogP contribution in [0.4, 0.5) is 0 Å². The number of benzene rings is 1. The molecule has 0 radical (unpaired) electrons. The van der Waals surface area contributed by atoms with Gasteiger partial charge in [0.1, 0.15) is 0 Å². The highest BCUT2D eigenvalue weighted by Crippen LogP contribution is 2.58. The molecule has 1 saturated carbocycles. The van der Waals surface area contributed by atoms with Gasteiger partial charge in [-0.25, -0.2) is 0 Å². The third-order valence-corrected chi connectivity index (χ3v) is 3.72. The Labute approximate surface area is 86.3 Å². The van der Waals surface area contributed by atoms with Crippen molar-refractivity contribution in [3.8, 4) is 12.3 Å². The van der Waals surface area contributed by atoms with Gasteiger partial charge in [0.15, 0.2) is 0 Å². The Hall–Kier alpha value is -1.22. The monoisotopic (exact) mass is 184 g/mol. The van der Waals surface area contributed by atoms with E-state index in [-0.39, 0.29) is 10.8 Å². The van der Waals surface area contributed by atoms with Crippen molar-refractivity contribution in [2.24, 2.45) is 5.41 Å². The largest absolute Gasteiger partial charge is 0.119 e. The molecule has 0 N–H and O–H groups in total. The normalized spacial score (nSPS) is 18.6. The molecule has 0 saturated heterocycles. The van der Waals surface area contributed by atoms with E-state index in [9.17, 15) is 0 Å². The predicted octanol–water partition coefficient (Wildman–Crippen LogP) is 3.38. The second kappa shape index (κ2) is 2.89. The summed E-state index contributed by atoms with van der Waals surface area (Å²) < 4.78 is 0. The molecule has 1 aromatic rings. The van der Waals surface area contributed by atoms with Crippen molar-refractivity contribution in [2.75, 3.05) is 0 Å². The van der Waals surface area contributed by atoms with Crippen LogP contribution in [0.1, 0.15) is 32.3 Å². The fourth-order valence-electron chi connectivity index (χ4n) is 2.21. The predicted molar refractivity (Wildman–Crippen MR) is 60.0 cm³/mol. The van der Waals surface area contributed by atoms with Crippen molar-refractivity contribution < 1.29 is 0 Å². The Morgan fingerprint density at radius 2 is 1.79 bits per heavy atom. The maximum absolute atomic E-state index is 5.64. The average Bonchev–Trinajstić information content (AvgIpc) is 3.00. The number of rotatable bonds is 2. The Morgan fingerprint density at radius 3 is 2.21 bits per heavy atom. The first-order chi connectivity index (χ1) is 6.62. The molecule has 1 aromatic carbocycles. The molecule has 1 fully saturated rings. The van der Waals surface area contributed by atoms with Crippen LogP contribution in [-0.2, 0) is 5.41 Å². The Balaban J connectivity index is 2.39. The molecule has 0 spiro atoms. The van der Waals surface area contributed by atoms with E-state index in [2.05, 4.69) is 50.1 Å². The van der Waals surface area contributed by atoms with E-state index in [0.29, 0.717) is 0 Å². The summed E-state index contributed by atoms with van der Waals surface area (Å²) in [6.45, 7) is 4.52. The molecule has 1 aliphatic rings. The smallest absolute Gasteiger partial charge is 0.0404 e. The van der Waals surface area contributed by atoms with Crippen LogP contribution in [0, 0.1) is 17.8 Å². The molecule has 2 rings (SSSR count). The zero-order valence-electron chi connectivity index (χ0n) is 8.88. The Bertz CT molecular complexity index is 361. The van der Waals surface area contributed by atoms with Gasteiger partial charge in [-0.05, 0) is 18.4 Å². The molecule has 0 bridgehead atoms. The van der Waals surface area contributed by atoms with Crippen LogP contribution < -0.4 is 0 Å². The third kappa shape index (κ3) is 1.16. The van der Waals surface area contributed by atoms with E-state index >= 15 is 0 Å². The third-order valence-electron chi connectivity index (χ3n) is 3.72. The van der Waals surface area contributed by atoms with Gasteiger partial charge in [-0.15, -0.1) is 6.42 Å². The van der Waals surface area contributed by atoms with Gasteiger partial charge in [0.05, 0.1) is 0 Å². The second-order valence-corrected chi connectivity index (χ2v) is 4.72. The van der Waals surface area contributed by atoms with Crippen molar-refractivity contribution in [1.29, 1.82) is 0 Å². The highest BCUT2D eigenvalue weighted by Gasteiger charge is 2.53. The molecular weight excluding hydrogens is 168 g/mol. The highest BCUT2D eigenvalue weighted by atomic mass is 14.6. The van der Waals surface area contributed by atoms with E-state index in [1.807, 2.05) is 0 Å². The van der Waals surface area contributed by atoms with E-state index in [0.717, 1.165) is 0 Å². The summed E-state index contributed by atoms with van der Waals surface area (Å²) in [5.74, 6) is 2.99. The lowest BCUT2D eigenvalue weighted by atomic mass is 9.71. The molecule has 0 nitrogen and oxygen atoms in total. The van der Waals surface area contributed by atoms with Crippen LogP contribution in [0.2, 0.25) is 0 Å². The lowest BCUT2D eigenvalue weighted by Gasteiger charge is -2.31. The highest BCUT2D eigenvalue weighted by molar-refractivity contribution is 5.35. The minimum absolute atomic E-state index is 0.114. The molecule has 14 heavy (non-hydrogen) atoms. The summed E-state index contributed by atoms with van der Waals surface area (Å²) in [5.41, 5.74) is 1.59. The van der Waals surface area contributed by atoms with Gasteiger partial charge in [0.25, 0.3) is 0 Å². The van der Waals surface area contributed by atoms with Crippen molar-refractivity contribution in [1.82, 2.24) is 0 Å². The van der Waals surface area contributed by atoms with Crippen LogP contribution in [0.15, 0.2) is 30.3 Å². The van der Waals surface area contributed by atoms with E-state index in [4.69, 9.17) is 6.42 Å². The molecule has 0 aromatic heterocycles. The van der Waals surface area contributed by atoms with Gasteiger partial charge in [-0.2, -0.15) is 0 Å². The van der Waals surface area contributed by atoms with Crippen molar-refractivity contribution in [3.63, 3.8) is 0 Å². The van der Waals surface area contributed by atoms with Crippen LogP contribution in [0.3, 0.4) is 0 Å². The molecule has 0 atom stereocenters. The first-order valence-corrected chi connectivity index (χ1v) is 5.16. The topological polar surface area (TPSA) is 0 Å². The maximum atomic E-state index is 5.64. The first-order valence-electron chi connectivity index (χ1n) is 5.16. The fraction of sp³-hybridized carbons (Fsp3) is 0.429. The summed E-state index contributed by atoms with van der Waals surface area (Å²) in [5, 5.41) is 0.